The molecule has 1 aliphatic rings. The zero-order valence-electron chi connectivity index (χ0n) is 16.9. The second-order valence-corrected chi connectivity index (χ2v) is 8.84. The predicted molar refractivity (Wildman–Crippen MR) is 111 cm³/mol. The van der Waals surface area contributed by atoms with Gasteiger partial charge in [-0.1, -0.05) is 23.4 Å². The molecule has 4 heterocycles. The van der Waals surface area contributed by atoms with E-state index in [9.17, 15) is 18.0 Å². The minimum atomic E-state index is -4.56. The molecule has 0 N–H and O–H groups in total. The van der Waals surface area contributed by atoms with Crippen molar-refractivity contribution < 1.29 is 22.7 Å². The predicted octanol–water partition coefficient (Wildman–Crippen LogP) is 4.97. The lowest BCUT2D eigenvalue weighted by atomic mass is 10.2. The van der Waals surface area contributed by atoms with Crippen molar-refractivity contribution in [3.8, 4) is 0 Å². The summed E-state index contributed by atoms with van der Waals surface area (Å²) in [5.74, 6) is -0.120. The van der Waals surface area contributed by atoms with Gasteiger partial charge < -0.3 is 9.30 Å². The van der Waals surface area contributed by atoms with Crippen LogP contribution < -0.4 is 0 Å². The van der Waals surface area contributed by atoms with Gasteiger partial charge in [-0.2, -0.15) is 13.2 Å². The first-order valence-electron chi connectivity index (χ1n) is 9.71. The maximum absolute atomic E-state index is 13.1. The van der Waals surface area contributed by atoms with E-state index in [2.05, 4.69) is 14.8 Å². The lowest BCUT2D eigenvalue weighted by Crippen LogP contribution is -2.17. The summed E-state index contributed by atoms with van der Waals surface area (Å²) >= 11 is 6.96. The molecule has 0 radical (unpaired) electrons. The van der Waals surface area contributed by atoms with Crippen LogP contribution in [0.15, 0.2) is 23.5 Å². The number of rotatable bonds is 6. The Hall–Kier alpha value is -2.04. The van der Waals surface area contributed by atoms with Crippen LogP contribution in [0.5, 0.6) is 0 Å². The molecule has 0 unspecified atom stereocenters. The minimum Gasteiger partial charge on any atom is -0.376 e. The number of carbonyl (C=O) groups is 1. The Morgan fingerprint density at radius 2 is 2.10 bits per heavy atom. The van der Waals surface area contributed by atoms with E-state index >= 15 is 0 Å². The second-order valence-electron chi connectivity index (χ2n) is 7.49. The van der Waals surface area contributed by atoms with Crippen molar-refractivity contribution in [2.24, 2.45) is 0 Å². The van der Waals surface area contributed by atoms with Gasteiger partial charge in [-0.25, -0.2) is 0 Å². The molecule has 1 saturated heterocycles. The average molecular weight is 473 g/mol. The third-order valence-corrected chi connectivity index (χ3v) is 6.59. The molecular weight excluding hydrogens is 453 g/mol. The van der Waals surface area contributed by atoms with E-state index in [4.69, 9.17) is 16.3 Å². The summed E-state index contributed by atoms with van der Waals surface area (Å²) in [5.41, 5.74) is 1.61. The third kappa shape index (κ3) is 4.47. The van der Waals surface area contributed by atoms with Crippen LogP contribution in [0, 0.1) is 13.8 Å². The molecule has 0 amide bonds. The molecule has 3 aromatic heterocycles. The number of hydrogen-bond donors (Lipinski definition) is 0. The molecule has 1 fully saturated rings. The Labute approximate surface area is 185 Å². The number of alkyl halides is 3. The quantitative estimate of drug-likeness (QED) is 0.374. The zero-order chi connectivity index (χ0) is 22.3. The van der Waals surface area contributed by atoms with Crippen molar-refractivity contribution in [3.63, 3.8) is 0 Å². The molecule has 4 rings (SSSR count). The first-order valence-corrected chi connectivity index (χ1v) is 11.1. The van der Waals surface area contributed by atoms with Crippen molar-refractivity contribution in [2.75, 3.05) is 12.4 Å². The topological polar surface area (TPSA) is 61.4 Å². The number of fused-ring (bicyclic) bond motifs is 1. The van der Waals surface area contributed by atoms with Gasteiger partial charge in [0.2, 0.25) is 0 Å². The summed E-state index contributed by atoms with van der Waals surface area (Å²) in [6.45, 7) is 5.30. The van der Waals surface area contributed by atoms with E-state index in [1.165, 1.54) is 4.40 Å². The monoisotopic (exact) mass is 472 g/mol. The van der Waals surface area contributed by atoms with Gasteiger partial charge in [0.1, 0.15) is 0 Å². The number of hydrogen-bond acceptors (Lipinski definition) is 5. The summed E-state index contributed by atoms with van der Waals surface area (Å²) in [5, 5.41) is 7.77. The Balaban J connectivity index is 1.53. The Morgan fingerprint density at radius 1 is 1.32 bits per heavy atom. The fourth-order valence-electron chi connectivity index (χ4n) is 3.75. The molecule has 0 spiro atoms. The largest absolute Gasteiger partial charge is 0.417 e. The van der Waals surface area contributed by atoms with E-state index < -0.39 is 11.7 Å². The summed E-state index contributed by atoms with van der Waals surface area (Å²) < 4.78 is 48.3. The molecule has 0 bridgehead atoms. The highest BCUT2D eigenvalue weighted by molar-refractivity contribution is 7.99. The van der Waals surface area contributed by atoms with Crippen LogP contribution in [-0.2, 0) is 17.5 Å². The number of aryl methyl sites for hydroxylation is 1. The van der Waals surface area contributed by atoms with Gasteiger partial charge in [-0.3, -0.25) is 9.20 Å². The molecule has 0 aliphatic carbocycles. The molecule has 0 aromatic carbocycles. The van der Waals surface area contributed by atoms with E-state index in [0.717, 1.165) is 54.9 Å². The van der Waals surface area contributed by atoms with Crippen LogP contribution in [0.2, 0.25) is 5.02 Å². The normalized spacial score (nSPS) is 17.0. The third-order valence-electron chi connectivity index (χ3n) is 5.37. The van der Waals surface area contributed by atoms with Gasteiger partial charge >= 0.3 is 6.18 Å². The van der Waals surface area contributed by atoms with Gasteiger partial charge in [0.25, 0.3) is 0 Å². The Morgan fingerprint density at radius 3 is 2.77 bits per heavy atom. The first-order chi connectivity index (χ1) is 14.6. The minimum absolute atomic E-state index is 0.0128. The van der Waals surface area contributed by atoms with Crippen molar-refractivity contribution in [1.29, 1.82) is 0 Å². The number of aromatic nitrogens is 4. The lowest BCUT2D eigenvalue weighted by Gasteiger charge is -2.14. The van der Waals surface area contributed by atoms with Crippen LogP contribution in [0.1, 0.15) is 40.2 Å². The van der Waals surface area contributed by atoms with E-state index in [1.807, 2.05) is 19.9 Å². The van der Waals surface area contributed by atoms with Gasteiger partial charge in [0.05, 0.1) is 22.4 Å². The van der Waals surface area contributed by atoms with Gasteiger partial charge in [0.15, 0.2) is 16.6 Å². The molecule has 11 heteroatoms. The number of halogens is 4. The molecule has 6 nitrogen and oxygen atoms in total. The number of pyridine rings is 1. The summed E-state index contributed by atoms with van der Waals surface area (Å²) in [7, 11) is 0. The summed E-state index contributed by atoms with van der Waals surface area (Å²) in [6.07, 6.45) is -1.48. The van der Waals surface area contributed by atoms with Crippen LogP contribution >= 0.6 is 23.4 Å². The molecule has 1 atom stereocenters. The fourth-order valence-corrected chi connectivity index (χ4v) is 4.79. The van der Waals surface area contributed by atoms with E-state index in [0.29, 0.717) is 12.1 Å². The maximum atomic E-state index is 13.1. The molecule has 3 aromatic rings. The fraction of sp³-hybridized carbons (Fsp3) is 0.450. The van der Waals surface area contributed by atoms with Gasteiger partial charge in [-0.05, 0) is 38.8 Å². The van der Waals surface area contributed by atoms with Gasteiger partial charge in [-0.15, -0.1) is 10.2 Å². The second kappa shape index (κ2) is 8.48. The summed E-state index contributed by atoms with van der Waals surface area (Å²) in [4.78, 5) is 12.9. The number of thioether (sulfide) groups is 1. The first kappa shape index (κ1) is 22.2. The van der Waals surface area contributed by atoms with Crippen molar-refractivity contribution in [3.05, 3.63) is 45.9 Å². The molecule has 0 saturated carbocycles. The maximum Gasteiger partial charge on any atom is 0.417 e. The highest BCUT2D eigenvalue weighted by atomic mass is 35.5. The van der Waals surface area contributed by atoms with E-state index in [1.54, 1.807) is 0 Å². The van der Waals surface area contributed by atoms with E-state index in [-0.39, 0.29) is 33.5 Å². The number of Topliss-reactive ketones (excluding diaryl/α,β-unsaturated/α-hetero) is 1. The van der Waals surface area contributed by atoms with Crippen LogP contribution in [0.25, 0.3) is 5.65 Å². The molecule has 1 aliphatic heterocycles. The zero-order valence-corrected chi connectivity index (χ0v) is 18.4. The highest BCUT2D eigenvalue weighted by Gasteiger charge is 2.32. The number of nitrogens with zero attached hydrogens (tertiary/aromatic N) is 4. The van der Waals surface area contributed by atoms with Crippen molar-refractivity contribution in [1.82, 2.24) is 19.2 Å². The SMILES string of the molecule is Cc1cc(C(=O)CSc2nnc3c(Cl)cc(C(F)(F)F)cn23)c(C)n1C[C@@H]1CCCO1. The van der Waals surface area contributed by atoms with Crippen LogP contribution in [0.4, 0.5) is 13.2 Å². The standard InChI is InChI=1S/C20H20ClF3N4O2S/c1-11-6-15(12(2)27(11)9-14-4-3-5-30-14)17(29)10-31-19-26-25-18-16(21)7-13(8-28(18)19)20(22,23)24/h6-8,14H,3-5,9-10H2,1-2H3/t14-/m0/s1. The number of ether oxygens (including phenoxy) is 1. The van der Waals surface area contributed by atoms with Gasteiger partial charge in [0, 0.05) is 36.3 Å². The number of ketones is 1. The number of carbonyl (C=O) groups excluding carboxylic acids is 1. The smallest absolute Gasteiger partial charge is 0.376 e. The highest BCUT2D eigenvalue weighted by Crippen LogP contribution is 2.33. The lowest BCUT2D eigenvalue weighted by molar-refractivity contribution is -0.137. The van der Waals surface area contributed by atoms with Crippen molar-refractivity contribution in [2.45, 2.75) is 50.7 Å². The Bertz CT molecular complexity index is 1140. The van der Waals surface area contributed by atoms with Crippen molar-refractivity contribution >= 4 is 34.8 Å². The Kier molecular flexibility index (Phi) is 6.06. The molecule has 166 valence electrons. The average Bonchev–Trinajstić information content (AvgIpc) is 3.42. The summed E-state index contributed by atoms with van der Waals surface area (Å²) in [6, 6.07) is 2.65. The molecular formula is C20H20ClF3N4O2S. The van der Waals surface area contributed by atoms with Crippen LogP contribution in [0.3, 0.4) is 0 Å². The molecule has 31 heavy (non-hydrogen) atoms. The van der Waals surface area contributed by atoms with Crippen LogP contribution in [-0.4, -0.2) is 43.4 Å².